The molecule has 2 aliphatic rings. The zero-order valence-corrected chi connectivity index (χ0v) is 17.9. The third kappa shape index (κ3) is 3.15. The summed E-state index contributed by atoms with van der Waals surface area (Å²) in [7, 11) is 2.29. The molecule has 0 amide bonds. The summed E-state index contributed by atoms with van der Waals surface area (Å²) in [5.41, 5.74) is 4.47. The lowest BCUT2D eigenvalue weighted by molar-refractivity contribution is 0.133. The lowest BCUT2D eigenvalue weighted by Gasteiger charge is -2.46. The van der Waals surface area contributed by atoms with Crippen molar-refractivity contribution in [1.29, 1.82) is 0 Å². The Morgan fingerprint density at radius 1 is 1.26 bits per heavy atom. The Bertz CT molecular complexity index is 838. The van der Waals surface area contributed by atoms with Gasteiger partial charge in [-0.3, -0.25) is 0 Å². The molecule has 0 radical (unpaired) electrons. The van der Waals surface area contributed by atoms with Crippen molar-refractivity contribution in [3.63, 3.8) is 0 Å². The number of benzene rings is 1. The van der Waals surface area contributed by atoms with E-state index in [0.29, 0.717) is 18.0 Å². The number of piperidine rings is 1. The molecule has 4 nitrogen and oxygen atoms in total. The Kier molecular flexibility index (Phi) is 5.17. The zero-order chi connectivity index (χ0) is 19.1. The van der Waals surface area contributed by atoms with E-state index in [1.807, 2.05) is 0 Å². The Hall–Kier alpha value is -1.59. The van der Waals surface area contributed by atoms with Crippen molar-refractivity contribution >= 4 is 28.2 Å². The topological polar surface area (TPSA) is 23.4 Å². The van der Waals surface area contributed by atoms with Gasteiger partial charge in [0.25, 0.3) is 0 Å². The van der Waals surface area contributed by atoms with Crippen LogP contribution in [0.4, 0.5) is 0 Å². The van der Waals surface area contributed by atoms with Crippen LogP contribution >= 0.6 is 12.2 Å². The third-order valence-electron chi connectivity index (χ3n) is 6.64. The predicted octanol–water partition coefficient (Wildman–Crippen LogP) is 3.59. The highest BCUT2D eigenvalue weighted by molar-refractivity contribution is 7.80. The van der Waals surface area contributed by atoms with Crippen molar-refractivity contribution in [2.75, 3.05) is 26.7 Å². The molecule has 0 spiro atoms. The van der Waals surface area contributed by atoms with Crippen molar-refractivity contribution in [2.24, 2.45) is 0 Å². The molecule has 3 atom stereocenters. The summed E-state index contributed by atoms with van der Waals surface area (Å²) in [6, 6.07) is 7.89. The minimum atomic E-state index is 0.411. The normalized spacial score (nSPS) is 24.7. The van der Waals surface area contributed by atoms with Crippen LogP contribution in [0.15, 0.2) is 24.4 Å². The van der Waals surface area contributed by atoms with Gasteiger partial charge in [-0.05, 0) is 70.1 Å². The monoisotopic (exact) mass is 384 g/mol. The van der Waals surface area contributed by atoms with Crippen LogP contribution in [0, 0.1) is 0 Å². The van der Waals surface area contributed by atoms with Gasteiger partial charge >= 0.3 is 0 Å². The molecule has 1 saturated heterocycles. The molecular weight excluding hydrogens is 352 g/mol. The summed E-state index contributed by atoms with van der Waals surface area (Å²) in [5.74, 6) is 0.574. The quantitative estimate of drug-likeness (QED) is 0.814. The smallest absolute Gasteiger partial charge is 0.169 e. The highest BCUT2D eigenvalue weighted by atomic mass is 32.1. The summed E-state index contributed by atoms with van der Waals surface area (Å²) < 4.78 is 2.41. The first-order chi connectivity index (χ1) is 13.1. The van der Waals surface area contributed by atoms with Crippen LogP contribution in [0.1, 0.15) is 44.2 Å². The summed E-state index contributed by atoms with van der Waals surface area (Å²) >= 11 is 5.68. The summed E-state index contributed by atoms with van der Waals surface area (Å²) in [4.78, 5) is 4.80. The number of aromatic nitrogens is 1. The number of likely N-dealkylation sites (tertiary alicyclic amines) is 1. The molecule has 1 aromatic heterocycles. The minimum absolute atomic E-state index is 0.411. The van der Waals surface area contributed by atoms with Gasteiger partial charge < -0.3 is 19.7 Å². The lowest BCUT2D eigenvalue weighted by Crippen LogP contribution is -2.56. The lowest BCUT2D eigenvalue weighted by atomic mass is 9.74. The molecule has 1 aromatic carbocycles. The Labute approximate surface area is 168 Å². The molecular formula is C22H32N4S. The molecule has 1 aliphatic carbocycles. The fraction of sp³-hybridized carbons (Fsp3) is 0.591. The van der Waals surface area contributed by atoms with Crippen LogP contribution in [-0.4, -0.2) is 58.2 Å². The van der Waals surface area contributed by atoms with Gasteiger partial charge in [-0.15, -0.1) is 0 Å². The van der Waals surface area contributed by atoms with Crippen LogP contribution < -0.4 is 5.32 Å². The standard InChI is InChI=1S/C22H32N4S/c1-5-25(6-2)22(27)23-16-12-18-17-9-8-10-19-21(17)15(13-26(19)7-3)11-20(18)24(4)14-16/h8-10,13,16,18,20H,5-7,11-12,14H2,1-4H3,(H,23,27)/t16-,18+,20+/m0/s1. The van der Waals surface area contributed by atoms with E-state index in [-0.39, 0.29) is 0 Å². The fourth-order valence-electron chi connectivity index (χ4n) is 5.26. The van der Waals surface area contributed by atoms with E-state index in [4.69, 9.17) is 12.2 Å². The summed E-state index contributed by atoms with van der Waals surface area (Å²) in [6.45, 7) is 10.6. The van der Waals surface area contributed by atoms with Crippen LogP contribution in [0.5, 0.6) is 0 Å². The average molecular weight is 385 g/mol. The number of rotatable bonds is 4. The molecule has 0 saturated carbocycles. The SMILES string of the molecule is CCN(CC)C(=S)N[C@H]1C[C@@H]2c3cccc4c3c(cn4CC)C[C@H]2N(C)C1. The largest absolute Gasteiger partial charge is 0.359 e. The second-order valence-corrected chi connectivity index (χ2v) is 8.44. The number of aryl methyl sites for hydroxylation is 1. The molecule has 4 rings (SSSR count). The second-order valence-electron chi connectivity index (χ2n) is 8.05. The summed E-state index contributed by atoms with van der Waals surface area (Å²) in [5, 5.41) is 6.09. The second kappa shape index (κ2) is 7.44. The molecule has 0 bridgehead atoms. The van der Waals surface area contributed by atoms with Crippen LogP contribution in [-0.2, 0) is 13.0 Å². The van der Waals surface area contributed by atoms with E-state index in [9.17, 15) is 0 Å². The van der Waals surface area contributed by atoms with Crippen LogP contribution in [0.25, 0.3) is 10.9 Å². The first kappa shape index (κ1) is 18.8. The van der Waals surface area contributed by atoms with Gasteiger partial charge in [0.15, 0.2) is 5.11 Å². The van der Waals surface area contributed by atoms with Crippen molar-refractivity contribution in [2.45, 2.75) is 58.2 Å². The maximum Gasteiger partial charge on any atom is 0.169 e. The molecule has 2 aromatic rings. The number of nitrogens with one attached hydrogen (secondary N) is 1. The minimum Gasteiger partial charge on any atom is -0.359 e. The Morgan fingerprint density at radius 3 is 2.74 bits per heavy atom. The Morgan fingerprint density at radius 2 is 2.04 bits per heavy atom. The maximum atomic E-state index is 5.68. The maximum absolute atomic E-state index is 5.68. The third-order valence-corrected chi connectivity index (χ3v) is 7.02. The number of hydrogen-bond acceptors (Lipinski definition) is 2. The van der Waals surface area contributed by atoms with E-state index in [2.05, 4.69) is 71.9 Å². The Balaban J connectivity index is 1.64. The highest BCUT2D eigenvalue weighted by Crippen LogP contribution is 2.43. The van der Waals surface area contributed by atoms with E-state index >= 15 is 0 Å². The molecule has 1 N–H and O–H groups in total. The van der Waals surface area contributed by atoms with E-state index in [1.165, 1.54) is 22.0 Å². The molecule has 1 aliphatic heterocycles. The van der Waals surface area contributed by atoms with E-state index in [0.717, 1.165) is 44.1 Å². The molecule has 27 heavy (non-hydrogen) atoms. The molecule has 0 unspecified atom stereocenters. The molecule has 5 heteroatoms. The molecule has 2 heterocycles. The van der Waals surface area contributed by atoms with E-state index in [1.54, 1.807) is 0 Å². The number of fused-ring (bicyclic) bond motifs is 2. The molecule has 1 fully saturated rings. The van der Waals surface area contributed by atoms with Gasteiger partial charge in [0.2, 0.25) is 0 Å². The number of nitrogens with zero attached hydrogens (tertiary/aromatic N) is 3. The van der Waals surface area contributed by atoms with Crippen molar-refractivity contribution < 1.29 is 0 Å². The number of likely N-dealkylation sites (N-methyl/N-ethyl adjacent to an activating group) is 1. The zero-order valence-electron chi connectivity index (χ0n) is 17.0. The van der Waals surface area contributed by atoms with Gasteiger partial charge in [0.05, 0.1) is 0 Å². The number of thiocarbonyl (C=S) groups is 1. The fourth-order valence-corrected chi connectivity index (χ4v) is 5.69. The number of hydrogen-bond donors (Lipinski definition) is 1. The van der Waals surface area contributed by atoms with Gasteiger partial charge in [0.1, 0.15) is 0 Å². The highest BCUT2D eigenvalue weighted by Gasteiger charge is 2.40. The van der Waals surface area contributed by atoms with Gasteiger partial charge in [-0.2, -0.15) is 0 Å². The average Bonchev–Trinajstić information content (AvgIpc) is 3.03. The van der Waals surface area contributed by atoms with Gasteiger partial charge in [-0.25, -0.2) is 0 Å². The predicted molar refractivity (Wildman–Crippen MR) is 118 cm³/mol. The van der Waals surface area contributed by atoms with E-state index < -0.39 is 0 Å². The summed E-state index contributed by atoms with van der Waals surface area (Å²) in [6.07, 6.45) is 4.71. The molecule has 146 valence electrons. The van der Waals surface area contributed by atoms with Gasteiger partial charge in [-0.1, -0.05) is 12.1 Å². The first-order valence-electron chi connectivity index (χ1n) is 10.4. The van der Waals surface area contributed by atoms with Crippen LogP contribution in [0.2, 0.25) is 0 Å². The van der Waals surface area contributed by atoms with Crippen LogP contribution in [0.3, 0.4) is 0 Å². The van der Waals surface area contributed by atoms with Crippen molar-refractivity contribution in [3.05, 3.63) is 35.5 Å². The van der Waals surface area contributed by atoms with Gasteiger partial charge in [0, 0.05) is 61.3 Å². The van der Waals surface area contributed by atoms with Crippen molar-refractivity contribution in [1.82, 2.24) is 19.7 Å². The first-order valence-corrected chi connectivity index (χ1v) is 10.8. The van der Waals surface area contributed by atoms with Crippen molar-refractivity contribution in [3.8, 4) is 0 Å².